The summed E-state index contributed by atoms with van der Waals surface area (Å²) in [5, 5.41) is 3.15. The SMILES string of the molecule is Cc1cc(C)c(NC(=O)CN(C2CC2)C(C)C2CC2)c(C)c1. The highest BCUT2D eigenvalue weighted by Crippen LogP contribution is 2.39. The second-order valence-corrected chi connectivity index (χ2v) is 7.30. The Morgan fingerprint density at radius 1 is 1.18 bits per heavy atom. The van der Waals surface area contributed by atoms with Gasteiger partial charge in [0.25, 0.3) is 0 Å². The van der Waals surface area contributed by atoms with Crippen LogP contribution in [-0.4, -0.2) is 29.4 Å². The van der Waals surface area contributed by atoms with E-state index in [2.05, 4.69) is 50.0 Å². The molecule has 3 nitrogen and oxygen atoms in total. The van der Waals surface area contributed by atoms with Crippen LogP contribution in [0, 0.1) is 26.7 Å². The van der Waals surface area contributed by atoms with Gasteiger partial charge in [-0.15, -0.1) is 0 Å². The zero-order valence-corrected chi connectivity index (χ0v) is 14.3. The van der Waals surface area contributed by atoms with Crippen LogP contribution in [0.5, 0.6) is 0 Å². The molecule has 22 heavy (non-hydrogen) atoms. The van der Waals surface area contributed by atoms with E-state index in [1.54, 1.807) is 0 Å². The Morgan fingerprint density at radius 2 is 1.77 bits per heavy atom. The van der Waals surface area contributed by atoms with Crippen molar-refractivity contribution in [3.8, 4) is 0 Å². The summed E-state index contributed by atoms with van der Waals surface area (Å²) in [5.41, 5.74) is 4.54. The second kappa shape index (κ2) is 6.04. The predicted octanol–water partition coefficient (Wildman–Crippen LogP) is 3.81. The standard InChI is InChI=1S/C19H28N2O/c1-12-9-13(2)19(14(3)10-12)20-18(22)11-21(17-7-8-17)15(4)16-5-6-16/h9-10,15-17H,5-8,11H2,1-4H3,(H,20,22). The van der Waals surface area contributed by atoms with Gasteiger partial charge in [0, 0.05) is 17.8 Å². The third-order valence-corrected chi connectivity index (χ3v) is 5.11. The van der Waals surface area contributed by atoms with Gasteiger partial charge in [0.05, 0.1) is 6.54 Å². The molecular formula is C19H28N2O. The molecule has 0 heterocycles. The minimum Gasteiger partial charge on any atom is -0.324 e. The Labute approximate surface area is 134 Å². The Balaban J connectivity index is 1.66. The van der Waals surface area contributed by atoms with Gasteiger partial charge in [-0.3, -0.25) is 9.69 Å². The summed E-state index contributed by atoms with van der Waals surface area (Å²) < 4.78 is 0. The van der Waals surface area contributed by atoms with Crippen molar-refractivity contribution in [3.63, 3.8) is 0 Å². The molecule has 0 radical (unpaired) electrons. The molecule has 2 saturated carbocycles. The van der Waals surface area contributed by atoms with Crippen LogP contribution >= 0.6 is 0 Å². The lowest BCUT2D eigenvalue weighted by molar-refractivity contribution is -0.118. The van der Waals surface area contributed by atoms with Crippen LogP contribution in [-0.2, 0) is 4.79 Å². The van der Waals surface area contributed by atoms with E-state index in [9.17, 15) is 4.79 Å². The Hall–Kier alpha value is -1.35. The van der Waals surface area contributed by atoms with Crippen molar-refractivity contribution in [1.29, 1.82) is 0 Å². The van der Waals surface area contributed by atoms with Crippen molar-refractivity contribution < 1.29 is 4.79 Å². The molecule has 1 amide bonds. The van der Waals surface area contributed by atoms with E-state index in [4.69, 9.17) is 0 Å². The number of benzene rings is 1. The maximum Gasteiger partial charge on any atom is 0.238 e. The molecule has 1 atom stereocenters. The molecule has 2 aliphatic carbocycles. The van der Waals surface area contributed by atoms with Gasteiger partial charge < -0.3 is 5.32 Å². The Kier molecular flexibility index (Phi) is 4.26. The average Bonchev–Trinajstić information content (AvgIpc) is 3.31. The average molecular weight is 300 g/mol. The van der Waals surface area contributed by atoms with Crippen LogP contribution in [0.3, 0.4) is 0 Å². The molecular weight excluding hydrogens is 272 g/mol. The topological polar surface area (TPSA) is 32.3 Å². The van der Waals surface area contributed by atoms with Gasteiger partial charge in [-0.25, -0.2) is 0 Å². The largest absolute Gasteiger partial charge is 0.324 e. The third-order valence-electron chi connectivity index (χ3n) is 5.11. The molecule has 3 heteroatoms. The van der Waals surface area contributed by atoms with Crippen LogP contribution in [0.15, 0.2) is 12.1 Å². The predicted molar refractivity (Wildman–Crippen MR) is 91.2 cm³/mol. The number of rotatable bonds is 6. The first kappa shape index (κ1) is 15.5. The number of nitrogens with one attached hydrogen (secondary N) is 1. The molecule has 1 N–H and O–H groups in total. The number of aryl methyl sites for hydroxylation is 3. The van der Waals surface area contributed by atoms with Gasteiger partial charge in [-0.2, -0.15) is 0 Å². The van der Waals surface area contributed by atoms with Gasteiger partial charge in [-0.1, -0.05) is 17.7 Å². The quantitative estimate of drug-likeness (QED) is 0.866. The molecule has 0 bridgehead atoms. The zero-order chi connectivity index (χ0) is 15.9. The number of hydrogen-bond donors (Lipinski definition) is 1. The van der Waals surface area contributed by atoms with Gasteiger partial charge >= 0.3 is 0 Å². The molecule has 0 spiro atoms. The van der Waals surface area contributed by atoms with Crippen LogP contribution in [0.4, 0.5) is 5.69 Å². The maximum absolute atomic E-state index is 12.5. The molecule has 0 aromatic heterocycles. The Bertz CT molecular complexity index is 550. The van der Waals surface area contributed by atoms with Gasteiger partial charge in [0.15, 0.2) is 0 Å². The molecule has 1 unspecified atom stereocenters. The molecule has 0 saturated heterocycles. The summed E-state index contributed by atoms with van der Waals surface area (Å²) in [6.07, 6.45) is 5.18. The number of hydrogen-bond acceptors (Lipinski definition) is 2. The van der Waals surface area contributed by atoms with Crippen LogP contribution in [0.2, 0.25) is 0 Å². The molecule has 2 fully saturated rings. The summed E-state index contributed by atoms with van der Waals surface area (Å²) in [6, 6.07) is 5.46. The lowest BCUT2D eigenvalue weighted by Crippen LogP contribution is -2.42. The summed E-state index contributed by atoms with van der Waals surface area (Å²) in [6.45, 7) is 9.07. The highest BCUT2D eigenvalue weighted by atomic mass is 16.2. The lowest BCUT2D eigenvalue weighted by Gasteiger charge is -2.28. The van der Waals surface area contributed by atoms with E-state index in [-0.39, 0.29) is 5.91 Å². The van der Waals surface area contributed by atoms with Crippen molar-refractivity contribution in [2.75, 3.05) is 11.9 Å². The third kappa shape index (κ3) is 3.52. The van der Waals surface area contributed by atoms with Crippen LogP contribution in [0.1, 0.15) is 49.3 Å². The molecule has 1 aromatic carbocycles. The summed E-state index contributed by atoms with van der Waals surface area (Å²) in [5.74, 6) is 0.950. The lowest BCUT2D eigenvalue weighted by atomic mass is 10.1. The normalized spacial score (nSPS) is 19.3. The second-order valence-electron chi connectivity index (χ2n) is 7.30. The van der Waals surface area contributed by atoms with Crippen molar-refractivity contribution in [2.24, 2.45) is 5.92 Å². The molecule has 120 valence electrons. The minimum absolute atomic E-state index is 0.134. The van der Waals surface area contributed by atoms with E-state index in [1.807, 2.05) is 0 Å². The van der Waals surface area contributed by atoms with Crippen molar-refractivity contribution in [2.45, 2.75) is 65.5 Å². The van der Waals surface area contributed by atoms with E-state index >= 15 is 0 Å². The van der Waals surface area contributed by atoms with Crippen molar-refractivity contribution in [3.05, 3.63) is 28.8 Å². The summed E-state index contributed by atoms with van der Waals surface area (Å²) in [4.78, 5) is 15.0. The summed E-state index contributed by atoms with van der Waals surface area (Å²) in [7, 11) is 0. The number of nitrogens with zero attached hydrogens (tertiary/aromatic N) is 1. The van der Waals surface area contributed by atoms with Crippen LogP contribution < -0.4 is 5.32 Å². The maximum atomic E-state index is 12.5. The van der Waals surface area contributed by atoms with Crippen LogP contribution in [0.25, 0.3) is 0 Å². The molecule has 2 aliphatic rings. The summed E-state index contributed by atoms with van der Waals surface area (Å²) >= 11 is 0. The number of amides is 1. The first-order chi connectivity index (χ1) is 10.5. The fourth-order valence-electron chi connectivity index (χ4n) is 3.58. The smallest absolute Gasteiger partial charge is 0.238 e. The van der Waals surface area contributed by atoms with Crippen molar-refractivity contribution in [1.82, 2.24) is 4.90 Å². The van der Waals surface area contributed by atoms with Gasteiger partial charge in [-0.05, 0) is 70.4 Å². The van der Waals surface area contributed by atoms with E-state index in [0.29, 0.717) is 18.6 Å². The van der Waals surface area contributed by atoms with E-state index in [1.165, 1.54) is 31.2 Å². The van der Waals surface area contributed by atoms with Crippen molar-refractivity contribution >= 4 is 11.6 Å². The monoisotopic (exact) mass is 300 g/mol. The molecule has 1 aromatic rings. The van der Waals surface area contributed by atoms with E-state index in [0.717, 1.165) is 22.7 Å². The van der Waals surface area contributed by atoms with E-state index < -0.39 is 0 Å². The zero-order valence-electron chi connectivity index (χ0n) is 14.3. The number of anilines is 1. The number of carbonyl (C=O) groups is 1. The first-order valence-corrected chi connectivity index (χ1v) is 8.59. The highest BCUT2D eigenvalue weighted by Gasteiger charge is 2.39. The fourth-order valence-corrected chi connectivity index (χ4v) is 3.58. The number of carbonyl (C=O) groups excluding carboxylic acids is 1. The molecule has 3 rings (SSSR count). The van der Waals surface area contributed by atoms with Gasteiger partial charge in [0.1, 0.15) is 0 Å². The fraction of sp³-hybridized carbons (Fsp3) is 0.632. The molecule has 0 aliphatic heterocycles. The highest BCUT2D eigenvalue weighted by molar-refractivity contribution is 5.93. The Morgan fingerprint density at radius 3 is 2.27 bits per heavy atom. The minimum atomic E-state index is 0.134. The first-order valence-electron chi connectivity index (χ1n) is 8.59. The van der Waals surface area contributed by atoms with Gasteiger partial charge in [0.2, 0.25) is 5.91 Å².